The predicted octanol–water partition coefficient (Wildman–Crippen LogP) is 4.76. The SMILES string of the molecule is CC[C@@H](CO)N1C(=O)[C@@H]2[C@H]3C(=O)O[C@@H](c4ccccc4)[C@H](C)N(C)C(=O)CC/C=C\CN(c4c(C)cccc4C)C(=O)[C@@H]1[C@]21C=C(Br)[C@H]3O1. The van der Waals surface area contributed by atoms with Crippen LogP contribution >= 0.6 is 15.9 Å². The highest BCUT2D eigenvalue weighted by molar-refractivity contribution is 9.11. The first kappa shape index (κ1) is 35.0. The summed E-state index contributed by atoms with van der Waals surface area (Å²) in [4.78, 5) is 62.6. The molecule has 5 bridgehead atoms. The highest BCUT2D eigenvalue weighted by Gasteiger charge is 2.75. The lowest BCUT2D eigenvalue weighted by molar-refractivity contribution is -0.164. The topological polar surface area (TPSA) is 117 Å². The fraction of sp³-hybridized carbons (Fsp3) is 0.474. The molecular weight excluding hydrogens is 690 g/mol. The van der Waals surface area contributed by atoms with Crippen molar-refractivity contribution in [1.29, 1.82) is 0 Å². The zero-order valence-corrected chi connectivity index (χ0v) is 30.1. The van der Waals surface area contributed by atoms with Gasteiger partial charge in [0.05, 0.1) is 24.6 Å². The number of cyclic esters (lactones) is 1. The molecule has 49 heavy (non-hydrogen) atoms. The van der Waals surface area contributed by atoms with E-state index in [0.29, 0.717) is 28.6 Å². The number of hydrogen-bond acceptors (Lipinski definition) is 7. The lowest BCUT2D eigenvalue weighted by Crippen LogP contribution is -2.58. The summed E-state index contributed by atoms with van der Waals surface area (Å²) in [5.41, 5.74) is 1.67. The molecule has 4 aliphatic rings. The van der Waals surface area contributed by atoms with Gasteiger partial charge < -0.3 is 29.3 Å². The number of halogens is 1. The number of hydrogen-bond donors (Lipinski definition) is 1. The van der Waals surface area contributed by atoms with Gasteiger partial charge in [-0.05, 0) is 56.4 Å². The van der Waals surface area contributed by atoms with Crippen LogP contribution in [0.4, 0.5) is 5.69 Å². The van der Waals surface area contributed by atoms with Crippen molar-refractivity contribution in [2.75, 3.05) is 25.1 Å². The summed E-state index contributed by atoms with van der Waals surface area (Å²) in [6, 6.07) is 12.6. The van der Waals surface area contributed by atoms with Gasteiger partial charge in [0.1, 0.15) is 29.8 Å². The lowest BCUT2D eigenvalue weighted by atomic mass is 9.74. The summed E-state index contributed by atoms with van der Waals surface area (Å²) in [5.74, 6) is -3.74. The van der Waals surface area contributed by atoms with Crippen LogP contribution in [0.15, 0.2) is 71.2 Å². The third-order valence-electron chi connectivity index (χ3n) is 10.7. The van der Waals surface area contributed by atoms with Crippen molar-refractivity contribution in [1.82, 2.24) is 9.80 Å². The Morgan fingerprint density at radius 1 is 0.980 bits per heavy atom. The average molecular weight is 735 g/mol. The molecule has 0 aromatic heterocycles. The fourth-order valence-corrected chi connectivity index (χ4v) is 8.82. The Kier molecular flexibility index (Phi) is 9.90. The number of para-hydroxylation sites is 1. The van der Waals surface area contributed by atoms with Gasteiger partial charge in [-0.15, -0.1) is 0 Å². The number of esters is 1. The minimum absolute atomic E-state index is 0.117. The first-order valence-electron chi connectivity index (χ1n) is 17.0. The molecule has 11 heteroatoms. The summed E-state index contributed by atoms with van der Waals surface area (Å²) in [5, 5.41) is 10.5. The number of aliphatic hydroxyl groups is 1. The van der Waals surface area contributed by atoms with Gasteiger partial charge >= 0.3 is 5.97 Å². The largest absolute Gasteiger partial charge is 0.455 e. The summed E-state index contributed by atoms with van der Waals surface area (Å²) >= 11 is 3.62. The molecule has 8 atom stereocenters. The molecule has 2 aromatic carbocycles. The summed E-state index contributed by atoms with van der Waals surface area (Å²) in [6.45, 7) is 7.37. The first-order valence-corrected chi connectivity index (χ1v) is 17.8. The van der Waals surface area contributed by atoms with Gasteiger partial charge in [-0.2, -0.15) is 0 Å². The maximum Gasteiger partial charge on any atom is 0.313 e. The van der Waals surface area contributed by atoms with E-state index in [1.165, 1.54) is 4.90 Å². The monoisotopic (exact) mass is 733 g/mol. The number of carbonyl (C=O) groups excluding carboxylic acids is 4. The number of fused-ring (bicyclic) bond motifs is 2. The molecule has 2 aromatic rings. The molecule has 3 amide bonds. The number of amides is 3. The van der Waals surface area contributed by atoms with Crippen LogP contribution in [0.1, 0.15) is 55.9 Å². The number of ether oxygens (including phenoxy) is 2. The number of benzene rings is 2. The van der Waals surface area contributed by atoms with Crippen molar-refractivity contribution in [2.24, 2.45) is 11.8 Å². The standard InChI is InChI=1S/C38H44BrN3O7/c1-6-26(21-43)42-34-36(46)41(31-22(2)14-13-15-23(31)3)19-12-8-11-18-28(44)40(5)24(4)32(25-16-9-7-10-17-25)48-37(47)29-30(35(42)45)38(34)20-27(39)33(29)49-38/h7-10,12-17,20,24,26,29-30,32-34,43H,6,11,18-19,21H2,1-5H3/b12-8-/t24-,26-,29+,30-,32+,33+,34+,38-/m0/s1. The molecule has 4 heterocycles. The zero-order valence-electron chi connectivity index (χ0n) is 28.5. The smallest absolute Gasteiger partial charge is 0.313 e. The Balaban J connectivity index is 1.53. The number of rotatable bonds is 5. The Hall–Kier alpha value is -3.80. The minimum atomic E-state index is -1.49. The van der Waals surface area contributed by atoms with Crippen LogP contribution in [-0.2, 0) is 28.7 Å². The van der Waals surface area contributed by atoms with Crippen LogP contribution in [0, 0.1) is 25.7 Å². The summed E-state index contributed by atoms with van der Waals surface area (Å²) in [7, 11) is 1.70. The van der Waals surface area contributed by atoms with Gasteiger partial charge in [-0.25, -0.2) is 0 Å². The molecule has 6 rings (SSSR count). The second-order valence-electron chi connectivity index (χ2n) is 13.5. The molecule has 0 aliphatic carbocycles. The Morgan fingerprint density at radius 3 is 2.33 bits per heavy atom. The van der Waals surface area contributed by atoms with Crippen molar-refractivity contribution in [3.05, 3.63) is 87.9 Å². The Bertz CT molecular complexity index is 1670. The number of likely N-dealkylation sites (tertiary alicyclic amines) is 1. The zero-order chi connectivity index (χ0) is 35.2. The van der Waals surface area contributed by atoms with E-state index >= 15 is 4.79 Å². The number of likely N-dealkylation sites (N-methyl/N-ethyl adjacent to an activating group) is 1. The third-order valence-corrected chi connectivity index (χ3v) is 11.4. The maximum absolute atomic E-state index is 15.2. The average Bonchev–Trinajstić information content (AvgIpc) is 3.69. The van der Waals surface area contributed by atoms with Gasteiger partial charge in [0, 0.05) is 30.2 Å². The van der Waals surface area contributed by atoms with Crippen LogP contribution in [0.2, 0.25) is 0 Å². The number of aliphatic hydroxyl groups excluding tert-OH is 1. The molecule has 1 N–H and O–H groups in total. The second kappa shape index (κ2) is 13.8. The molecule has 0 unspecified atom stereocenters. The van der Waals surface area contributed by atoms with E-state index in [1.54, 1.807) is 22.9 Å². The molecule has 10 nitrogen and oxygen atoms in total. The molecular formula is C38H44BrN3O7. The molecule has 260 valence electrons. The van der Waals surface area contributed by atoms with Gasteiger partial charge in [0.2, 0.25) is 11.8 Å². The summed E-state index contributed by atoms with van der Waals surface area (Å²) < 4.78 is 13.6. The highest BCUT2D eigenvalue weighted by Crippen LogP contribution is 2.59. The Morgan fingerprint density at radius 2 is 1.67 bits per heavy atom. The molecule has 0 radical (unpaired) electrons. The van der Waals surface area contributed by atoms with E-state index in [-0.39, 0.29) is 31.4 Å². The molecule has 4 aliphatic heterocycles. The molecule has 1 spiro atoms. The fourth-order valence-electron chi connectivity index (χ4n) is 8.09. The molecule has 2 saturated heterocycles. The number of carbonyl (C=O) groups is 4. The van der Waals surface area contributed by atoms with Gasteiger partial charge in [-0.3, -0.25) is 19.2 Å². The maximum atomic E-state index is 15.2. The van der Waals surface area contributed by atoms with E-state index in [9.17, 15) is 19.5 Å². The van der Waals surface area contributed by atoms with Crippen LogP contribution in [0.3, 0.4) is 0 Å². The number of allylic oxidation sites excluding steroid dienone is 1. The normalized spacial score (nSPS) is 31.9. The van der Waals surface area contributed by atoms with E-state index in [2.05, 4.69) is 15.9 Å². The van der Waals surface area contributed by atoms with E-state index in [1.807, 2.05) is 88.4 Å². The van der Waals surface area contributed by atoms with Gasteiger partial charge in [0.25, 0.3) is 5.91 Å². The Labute approximate surface area is 295 Å². The highest BCUT2D eigenvalue weighted by atomic mass is 79.9. The van der Waals surface area contributed by atoms with Crippen LogP contribution in [-0.4, -0.2) is 88.6 Å². The number of anilines is 1. The first-order chi connectivity index (χ1) is 23.5. The quantitative estimate of drug-likeness (QED) is 0.348. The van der Waals surface area contributed by atoms with Crippen LogP contribution < -0.4 is 4.90 Å². The number of nitrogens with zero attached hydrogens (tertiary/aromatic N) is 3. The van der Waals surface area contributed by atoms with Crippen LogP contribution in [0.25, 0.3) is 0 Å². The lowest BCUT2D eigenvalue weighted by Gasteiger charge is -2.39. The molecule has 2 fully saturated rings. The van der Waals surface area contributed by atoms with Crippen LogP contribution in [0.5, 0.6) is 0 Å². The third kappa shape index (κ3) is 5.83. The van der Waals surface area contributed by atoms with Crippen molar-refractivity contribution >= 4 is 45.3 Å². The van der Waals surface area contributed by atoms with E-state index < -0.39 is 59.6 Å². The van der Waals surface area contributed by atoms with E-state index in [0.717, 1.165) is 11.1 Å². The van der Waals surface area contributed by atoms with Gasteiger partial charge in [-0.1, -0.05) is 83.5 Å². The van der Waals surface area contributed by atoms with E-state index in [4.69, 9.17) is 9.47 Å². The van der Waals surface area contributed by atoms with Crippen molar-refractivity contribution < 1.29 is 33.8 Å². The second-order valence-corrected chi connectivity index (χ2v) is 14.4. The number of aryl methyl sites for hydroxylation is 2. The summed E-state index contributed by atoms with van der Waals surface area (Å²) in [6.07, 6.45) is 4.89. The van der Waals surface area contributed by atoms with Crippen molar-refractivity contribution in [3.8, 4) is 0 Å². The van der Waals surface area contributed by atoms with Crippen molar-refractivity contribution in [3.63, 3.8) is 0 Å². The predicted molar refractivity (Wildman–Crippen MR) is 188 cm³/mol. The van der Waals surface area contributed by atoms with Crippen molar-refractivity contribution in [2.45, 2.75) is 82.9 Å². The minimum Gasteiger partial charge on any atom is -0.455 e. The van der Waals surface area contributed by atoms with Gasteiger partial charge in [0.15, 0.2) is 0 Å². The molecule has 0 saturated carbocycles.